The molecule has 0 rings (SSSR count). The molecule has 0 aliphatic carbocycles. The van der Waals surface area contributed by atoms with E-state index in [9.17, 15) is 0 Å². The fourth-order valence-electron chi connectivity index (χ4n) is 1.82. The van der Waals surface area contributed by atoms with E-state index in [-0.39, 0.29) is 16.2 Å². The average molecular weight is 385 g/mol. The second-order valence-electron chi connectivity index (χ2n) is 10.3. The lowest BCUT2D eigenvalue weighted by Crippen LogP contribution is -2.43. The van der Waals surface area contributed by atoms with E-state index in [0.29, 0.717) is 0 Å². The van der Waals surface area contributed by atoms with Crippen molar-refractivity contribution >= 4 is 16.6 Å². The summed E-state index contributed by atoms with van der Waals surface area (Å²) in [6.45, 7) is 28.0. The zero-order chi connectivity index (χ0) is 20.1. The molecule has 0 saturated heterocycles. The lowest BCUT2D eigenvalue weighted by Gasteiger charge is -2.38. The van der Waals surface area contributed by atoms with Crippen molar-refractivity contribution in [2.45, 2.75) is 104 Å². The molecule has 148 valence electrons. The molecule has 0 aromatic rings. The molecule has 0 spiro atoms. The summed E-state index contributed by atoms with van der Waals surface area (Å²) < 4.78 is 12.9. The Kier molecular flexibility index (Phi) is 9.10. The molecule has 0 bridgehead atoms. The highest BCUT2D eigenvalue weighted by atomic mass is 28.4. The van der Waals surface area contributed by atoms with Crippen molar-refractivity contribution in [3.05, 3.63) is 23.8 Å². The molecule has 0 heterocycles. The molecule has 0 radical (unpaired) electrons. The smallest absolute Gasteiger partial charge is 0.192 e. The van der Waals surface area contributed by atoms with Gasteiger partial charge in [0.05, 0.1) is 12.7 Å². The van der Waals surface area contributed by atoms with E-state index in [1.807, 2.05) is 0 Å². The Labute approximate surface area is 160 Å². The van der Waals surface area contributed by atoms with E-state index in [2.05, 4.69) is 99.8 Å². The second-order valence-corrected chi connectivity index (χ2v) is 19.8. The van der Waals surface area contributed by atoms with Crippen LogP contribution < -0.4 is 0 Å². The summed E-state index contributed by atoms with van der Waals surface area (Å²) in [6.07, 6.45) is 7.68. The van der Waals surface area contributed by atoms with Gasteiger partial charge in [-0.15, -0.1) is 0 Å². The monoisotopic (exact) mass is 384 g/mol. The Balaban J connectivity index is 4.87. The maximum Gasteiger partial charge on any atom is 0.192 e. The summed E-state index contributed by atoms with van der Waals surface area (Å²) in [5.74, 6) is 0. The van der Waals surface area contributed by atoms with E-state index in [1.165, 1.54) is 5.57 Å². The van der Waals surface area contributed by atoms with Crippen molar-refractivity contribution in [1.29, 1.82) is 0 Å². The Morgan fingerprint density at radius 2 is 1.40 bits per heavy atom. The van der Waals surface area contributed by atoms with Gasteiger partial charge in [0.15, 0.2) is 16.6 Å². The molecular formula is C21H44O2Si2. The molecule has 0 N–H and O–H groups in total. The van der Waals surface area contributed by atoms with E-state index in [1.54, 1.807) is 0 Å². The first kappa shape index (κ1) is 24.8. The molecule has 1 unspecified atom stereocenters. The van der Waals surface area contributed by atoms with Gasteiger partial charge in [-0.25, -0.2) is 0 Å². The number of allylic oxidation sites excluding steroid dienone is 1. The van der Waals surface area contributed by atoms with Gasteiger partial charge in [-0.2, -0.15) is 0 Å². The largest absolute Gasteiger partial charge is 0.413 e. The molecule has 4 heteroatoms. The second kappa shape index (κ2) is 9.16. The van der Waals surface area contributed by atoms with Crippen LogP contribution in [-0.4, -0.2) is 29.3 Å². The van der Waals surface area contributed by atoms with Crippen molar-refractivity contribution in [3.8, 4) is 0 Å². The first-order valence-electron chi connectivity index (χ1n) is 9.64. The number of hydrogen-bond donors (Lipinski definition) is 0. The summed E-state index contributed by atoms with van der Waals surface area (Å²) in [5.41, 5.74) is 1.30. The van der Waals surface area contributed by atoms with Crippen molar-refractivity contribution in [2.75, 3.05) is 6.61 Å². The quantitative estimate of drug-likeness (QED) is 0.322. The predicted octanol–water partition coefficient (Wildman–Crippen LogP) is 7.31. The molecule has 0 fully saturated rings. The summed E-state index contributed by atoms with van der Waals surface area (Å²) >= 11 is 0. The standard InChI is InChI=1S/C21H44O2Si2/c1-13-14-19(23-25(11,12)21(6,7)8)16-15-18(2)17-22-24(9,10)20(3,4)5/h13-15,19H,16-17H2,1-12H3/b14-13+,18-15+. The van der Waals surface area contributed by atoms with Crippen LogP contribution in [0.15, 0.2) is 23.8 Å². The van der Waals surface area contributed by atoms with Crippen molar-refractivity contribution in [3.63, 3.8) is 0 Å². The van der Waals surface area contributed by atoms with Crippen LogP contribution in [-0.2, 0) is 8.85 Å². The van der Waals surface area contributed by atoms with Gasteiger partial charge in [0.25, 0.3) is 0 Å². The molecule has 1 atom stereocenters. The van der Waals surface area contributed by atoms with E-state index in [0.717, 1.165) is 13.0 Å². The van der Waals surface area contributed by atoms with Crippen LogP contribution in [0, 0.1) is 0 Å². The van der Waals surface area contributed by atoms with Crippen LogP contribution in [0.4, 0.5) is 0 Å². The van der Waals surface area contributed by atoms with Gasteiger partial charge in [-0.3, -0.25) is 0 Å². The first-order chi connectivity index (χ1) is 11.0. The normalized spacial score (nSPS) is 16.6. The highest BCUT2D eigenvalue weighted by molar-refractivity contribution is 6.74. The SMILES string of the molecule is C/C=C/C(C/C=C(\C)CO[Si](C)(C)C(C)(C)C)O[Si](C)(C)C(C)(C)C. The Bertz CT molecular complexity index is 463. The number of hydrogen-bond acceptors (Lipinski definition) is 2. The Hall–Kier alpha value is -0.166. The van der Waals surface area contributed by atoms with Gasteiger partial charge in [0.2, 0.25) is 0 Å². The van der Waals surface area contributed by atoms with Crippen LogP contribution in [0.25, 0.3) is 0 Å². The van der Waals surface area contributed by atoms with Crippen LogP contribution in [0.5, 0.6) is 0 Å². The van der Waals surface area contributed by atoms with Crippen LogP contribution in [0.1, 0.15) is 61.8 Å². The summed E-state index contributed by atoms with van der Waals surface area (Å²) in [4.78, 5) is 0. The fraction of sp³-hybridized carbons (Fsp3) is 0.810. The van der Waals surface area contributed by atoms with Gasteiger partial charge in [-0.05, 0) is 56.5 Å². The molecule has 0 amide bonds. The average Bonchev–Trinajstić information content (AvgIpc) is 2.40. The molecule has 0 aliphatic heterocycles. The minimum absolute atomic E-state index is 0.161. The van der Waals surface area contributed by atoms with Crippen molar-refractivity contribution in [1.82, 2.24) is 0 Å². The van der Waals surface area contributed by atoms with E-state index in [4.69, 9.17) is 8.85 Å². The molecule has 2 nitrogen and oxygen atoms in total. The maximum absolute atomic E-state index is 6.57. The molecular weight excluding hydrogens is 340 g/mol. The van der Waals surface area contributed by atoms with Gasteiger partial charge in [0, 0.05) is 0 Å². The zero-order valence-electron chi connectivity index (χ0n) is 19.0. The van der Waals surface area contributed by atoms with Crippen LogP contribution in [0.3, 0.4) is 0 Å². The third kappa shape index (κ3) is 8.37. The lowest BCUT2D eigenvalue weighted by atomic mass is 10.2. The molecule has 0 aliphatic rings. The third-order valence-electron chi connectivity index (χ3n) is 5.82. The topological polar surface area (TPSA) is 18.5 Å². The van der Waals surface area contributed by atoms with Crippen LogP contribution in [0.2, 0.25) is 36.3 Å². The van der Waals surface area contributed by atoms with Crippen molar-refractivity contribution < 1.29 is 8.85 Å². The Morgan fingerprint density at radius 3 is 1.80 bits per heavy atom. The minimum Gasteiger partial charge on any atom is -0.413 e. The van der Waals surface area contributed by atoms with Gasteiger partial charge >= 0.3 is 0 Å². The summed E-state index contributed by atoms with van der Waals surface area (Å²) in [5, 5.41) is 0.489. The van der Waals surface area contributed by atoms with Crippen molar-refractivity contribution in [2.24, 2.45) is 0 Å². The van der Waals surface area contributed by atoms with E-state index >= 15 is 0 Å². The third-order valence-corrected chi connectivity index (χ3v) is 14.8. The molecule has 0 aromatic heterocycles. The molecule has 0 aromatic carbocycles. The highest BCUT2D eigenvalue weighted by Crippen LogP contribution is 2.38. The summed E-state index contributed by atoms with van der Waals surface area (Å²) in [7, 11) is -3.44. The van der Waals surface area contributed by atoms with Gasteiger partial charge in [0.1, 0.15) is 0 Å². The van der Waals surface area contributed by atoms with Gasteiger partial charge in [-0.1, -0.05) is 65.3 Å². The zero-order valence-corrected chi connectivity index (χ0v) is 21.0. The fourth-order valence-corrected chi connectivity index (χ4v) is 4.13. The predicted molar refractivity (Wildman–Crippen MR) is 118 cm³/mol. The van der Waals surface area contributed by atoms with E-state index < -0.39 is 16.6 Å². The summed E-state index contributed by atoms with van der Waals surface area (Å²) in [6, 6.07) is 0. The van der Waals surface area contributed by atoms with Crippen LogP contribution >= 0.6 is 0 Å². The Morgan fingerprint density at radius 1 is 0.920 bits per heavy atom. The van der Waals surface area contributed by atoms with Gasteiger partial charge < -0.3 is 8.85 Å². The molecule has 0 saturated carbocycles. The lowest BCUT2D eigenvalue weighted by molar-refractivity contribution is 0.227. The first-order valence-corrected chi connectivity index (χ1v) is 15.5. The highest BCUT2D eigenvalue weighted by Gasteiger charge is 2.39. The number of rotatable bonds is 8. The minimum atomic E-state index is -1.76. The molecule has 25 heavy (non-hydrogen) atoms. The maximum atomic E-state index is 6.57.